The van der Waals surface area contributed by atoms with E-state index in [-0.39, 0.29) is 25.5 Å². The van der Waals surface area contributed by atoms with E-state index in [0.29, 0.717) is 23.6 Å². The summed E-state index contributed by atoms with van der Waals surface area (Å²) in [7, 11) is 0. The summed E-state index contributed by atoms with van der Waals surface area (Å²) < 4.78 is 20.1. The molecular formula is C28H38N6O8. The van der Waals surface area contributed by atoms with Crippen molar-refractivity contribution in [1.29, 1.82) is 0 Å². The van der Waals surface area contributed by atoms with E-state index in [0.717, 1.165) is 30.5 Å². The standard InChI is InChI=1S/C28H38N6O8/c1-5-7-20(6-2)22-14-32(31-30-22)13-19-8-9-23(34(38)39)21(10-19)18(4)41-16-40-15-25-24(35)11-26(42-25)33-12-17(3)27(36)29-28(33)37/h8-10,12,14,18,20,24-26,35H,5-7,11,13,15-16H2,1-4H3,(H,29,36,37)/t18?,20?,24-,25+,26+/m0/s1. The minimum atomic E-state index is -0.906. The van der Waals surface area contributed by atoms with Crippen molar-refractivity contribution in [3.8, 4) is 0 Å². The van der Waals surface area contributed by atoms with Crippen molar-refractivity contribution >= 4 is 5.69 Å². The summed E-state index contributed by atoms with van der Waals surface area (Å²) in [5.74, 6) is 0.349. The summed E-state index contributed by atoms with van der Waals surface area (Å²) in [6.45, 7) is 7.70. The van der Waals surface area contributed by atoms with E-state index in [1.165, 1.54) is 16.8 Å². The molecule has 1 saturated heterocycles. The zero-order chi connectivity index (χ0) is 30.4. The second-order valence-corrected chi connectivity index (χ2v) is 10.6. The number of rotatable bonds is 14. The number of aryl methyl sites for hydroxylation is 1. The average molecular weight is 587 g/mol. The Bertz CT molecular complexity index is 1480. The van der Waals surface area contributed by atoms with Gasteiger partial charge in [0, 0.05) is 36.4 Å². The highest BCUT2D eigenvalue weighted by Crippen LogP contribution is 2.30. The van der Waals surface area contributed by atoms with Gasteiger partial charge in [0.1, 0.15) is 19.1 Å². The van der Waals surface area contributed by atoms with Crippen LogP contribution in [0, 0.1) is 17.0 Å². The van der Waals surface area contributed by atoms with Crippen molar-refractivity contribution in [3.05, 3.63) is 83.9 Å². The minimum Gasteiger partial charge on any atom is -0.390 e. The van der Waals surface area contributed by atoms with Crippen LogP contribution in [0.25, 0.3) is 0 Å². The lowest BCUT2D eigenvalue weighted by molar-refractivity contribution is -0.386. The third kappa shape index (κ3) is 7.37. The maximum absolute atomic E-state index is 12.2. The first-order valence-corrected chi connectivity index (χ1v) is 14.1. The molecule has 3 heterocycles. The highest BCUT2D eigenvalue weighted by Gasteiger charge is 2.36. The predicted octanol–water partition coefficient (Wildman–Crippen LogP) is 3.09. The number of nitro benzene ring substituents is 1. The Balaban J connectivity index is 1.34. The number of aromatic nitrogens is 5. The molecule has 14 heteroatoms. The fourth-order valence-electron chi connectivity index (χ4n) is 5.11. The van der Waals surface area contributed by atoms with Crippen LogP contribution in [0.1, 0.15) is 87.1 Å². The number of benzene rings is 1. The first-order valence-electron chi connectivity index (χ1n) is 14.1. The molecule has 4 rings (SSSR count). The molecule has 228 valence electrons. The van der Waals surface area contributed by atoms with Crippen molar-refractivity contribution in [2.24, 2.45) is 0 Å². The van der Waals surface area contributed by atoms with Gasteiger partial charge >= 0.3 is 5.69 Å². The third-order valence-corrected chi connectivity index (χ3v) is 7.52. The third-order valence-electron chi connectivity index (χ3n) is 7.52. The summed E-state index contributed by atoms with van der Waals surface area (Å²) in [5.41, 5.74) is 1.31. The zero-order valence-corrected chi connectivity index (χ0v) is 24.3. The van der Waals surface area contributed by atoms with Gasteiger partial charge in [-0.1, -0.05) is 31.5 Å². The van der Waals surface area contributed by atoms with Gasteiger partial charge in [-0.15, -0.1) is 5.10 Å². The second kappa shape index (κ2) is 14.0. The van der Waals surface area contributed by atoms with Crippen LogP contribution in [-0.2, 0) is 20.8 Å². The predicted molar refractivity (Wildman–Crippen MR) is 151 cm³/mol. The van der Waals surface area contributed by atoms with Crippen LogP contribution in [0.4, 0.5) is 5.69 Å². The van der Waals surface area contributed by atoms with Crippen molar-refractivity contribution in [3.63, 3.8) is 0 Å². The van der Waals surface area contributed by atoms with E-state index in [1.807, 2.05) is 6.20 Å². The molecule has 0 aliphatic carbocycles. The average Bonchev–Trinajstić information content (AvgIpc) is 3.57. The first-order chi connectivity index (χ1) is 20.1. The first kappa shape index (κ1) is 31.2. The van der Waals surface area contributed by atoms with Gasteiger partial charge in [0.05, 0.1) is 41.5 Å². The Hall–Kier alpha value is -3.72. The van der Waals surface area contributed by atoms with Crippen molar-refractivity contribution in [1.82, 2.24) is 24.5 Å². The number of nitrogens with one attached hydrogen (secondary N) is 1. The molecule has 14 nitrogen and oxygen atoms in total. The van der Waals surface area contributed by atoms with Crippen LogP contribution in [0.5, 0.6) is 0 Å². The summed E-state index contributed by atoms with van der Waals surface area (Å²) >= 11 is 0. The number of nitro groups is 1. The van der Waals surface area contributed by atoms with E-state index in [4.69, 9.17) is 14.2 Å². The molecule has 3 aromatic rings. The van der Waals surface area contributed by atoms with Crippen LogP contribution in [0.2, 0.25) is 0 Å². The van der Waals surface area contributed by atoms with Crippen LogP contribution >= 0.6 is 0 Å². The molecule has 5 atom stereocenters. The Morgan fingerprint density at radius 2 is 2.07 bits per heavy atom. The lowest BCUT2D eigenvalue weighted by Crippen LogP contribution is -2.33. The molecule has 2 N–H and O–H groups in total. The summed E-state index contributed by atoms with van der Waals surface area (Å²) in [4.78, 5) is 37.3. The number of aromatic amines is 1. The quantitative estimate of drug-likeness (QED) is 0.123. The van der Waals surface area contributed by atoms with Crippen LogP contribution in [0.15, 0.2) is 40.2 Å². The number of aliphatic hydroxyl groups is 1. The molecule has 2 unspecified atom stereocenters. The van der Waals surface area contributed by atoms with Crippen molar-refractivity contribution in [2.45, 2.75) is 90.4 Å². The molecule has 1 aliphatic rings. The Kier molecular flexibility index (Phi) is 10.4. The molecule has 1 aliphatic heterocycles. The number of aliphatic hydroxyl groups excluding tert-OH is 1. The number of nitrogens with zero attached hydrogens (tertiary/aromatic N) is 5. The maximum Gasteiger partial charge on any atom is 0.330 e. The number of hydrogen-bond donors (Lipinski definition) is 2. The fourth-order valence-corrected chi connectivity index (χ4v) is 5.11. The van der Waals surface area contributed by atoms with Crippen LogP contribution < -0.4 is 11.2 Å². The molecule has 1 fully saturated rings. The SMILES string of the molecule is CCCC(CC)c1cn(Cc2ccc([N+](=O)[O-])c(C(C)OCOC[C@H]3O[C@@H](n4cc(C)c(=O)[nH]c4=O)C[C@@H]3O)c2)nn1. The highest BCUT2D eigenvalue weighted by atomic mass is 16.7. The summed E-state index contributed by atoms with van der Waals surface area (Å²) in [6, 6.07) is 4.88. The van der Waals surface area contributed by atoms with Gasteiger partial charge in [0.25, 0.3) is 11.2 Å². The molecule has 0 spiro atoms. The van der Waals surface area contributed by atoms with Crippen LogP contribution in [0.3, 0.4) is 0 Å². The van der Waals surface area contributed by atoms with E-state index in [2.05, 4.69) is 29.1 Å². The molecule has 1 aromatic carbocycles. The fraction of sp³-hybridized carbons (Fsp3) is 0.571. The van der Waals surface area contributed by atoms with Gasteiger partial charge in [-0.25, -0.2) is 9.48 Å². The van der Waals surface area contributed by atoms with Gasteiger partial charge in [0.15, 0.2) is 0 Å². The van der Waals surface area contributed by atoms with Crippen molar-refractivity contribution in [2.75, 3.05) is 13.4 Å². The van der Waals surface area contributed by atoms with E-state index >= 15 is 0 Å². The van der Waals surface area contributed by atoms with Gasteiger partial charge < -0.3 is 19.3 Å². The lowest BCUT2D eigenvalue weighted by Gasteiger charge is -2.18. The van der Waals surface area contributed by atoms with E-state index < -0.39 is 40.7 Å². The molecule has 42 heavy (non-hydrogen) atoms. The largest absolute Gasteiger partial charge is 0.390 e. The molecule has 0 saturated carbocycles. The molecular weight excluding hydrogens is 548 g/mol. The highest BCUT2D eigenvalue weighted by molar-refractivity contribution is 5.44. The Labute approximate surface area is 242 Å². The number of ether oxygens (including phenoxy) is 3. The summed E-state index contributed by atoms with van der Waals surface area (Å²) in [6.07, 6.45) is 3.46. The van der Waals surface area contributed by atoms with Gasteiger partial charge in [-0.3, -0.25) is 24.5 Å². The van der Waals surface area contributed by atoms with Crippen LogP contribution in [-0.4, -0.2) is 60.2 Å². The lowest BCUT2D eigenvalue weighted by atomic mass is 9.98. The molecule has 0 bridgehead atoms. The zero-order valence-electron chi connectivity index (χ0n) is 24.3. The van der Waals surface area contributed by atoms with E-state index in [1.54, 1.807) is 30.7 Å². The topological polar surface area (TPSA) is 177 Å². The normalized spacial score (nSPS) is 20.1. The molecule has 0 amide bonds. The monoisotopic (exact) mass is 586 g/mol. The smallest absolute Gasteiger partial charge is 0.330 e. The Morgan fingerprint density at radius 1 is 1.29 bits per heavy atom. The Morgan fingerprint density at radius 3 is 2.79 bits per heavy atom. The van der Waals surface area contributed by atoms with Gasteiger partial charge in [0.2, 0.25) is 0 Å². The molecule has 2 aromatic heterocycles. The van der Waals surface area contributed by atoms with E-state index in [9.17, 15) is 24.8 Å². The number of H-pyrrole nitrogens is 1. The number of hydrogen-bond acceptors (Lipinski definition) is 10. The van der Waals surface area contributed by atoms with Gasteiger partial charge in [-0.2, -0.15) is 0 Å². The van der Waals surface area contributed by atoms with Crippen molar-refractivity contribution < 1.29 is 24.2 Å². The van der Waals surface area contributed by atoms with Gasteiger partial charge in [-0.05, 0) is 38.3 Å². The summed E-state index contributed by atoms with van der Waals surface area (Å²) in [5, 5.41) is 30.7. The minimum absolute atomic E-state index is 0.0327. The molecule has 0 radical (unpaired) electrons. The maximum atomic E-state index is 12.2. The second-order valence-electron chi connectivity index (χ2n) is 10.6.